The minimum absolute atomic E-state index is 0.0479. The van der Waals surface area contributed by atoms with E-state index in [0.29, 0.717) is 10.6 Å². The quantitative estimate of drug-likeness (QED) is 0.222. The number of halogens is 1. The van der Waals surface area contributed by atoms with E-state index in [1.165, 1.54) is 11.8 Å². The predicted octanol–water partition coefficient (Wildman–Crippen LogP) is -1.88. The van der Waals surface area contributed by atoms with Crippen LogP contribution in [0.4, 0.5) is 9.18 Å². The van der Waals surface area contributed by atoms with Crippen molar-refractivity contribution < 1.29 is 36.8 Å². The van der Waals surface area contributed by atoms with E-state index in [4.69, 9.17) is 9.98 Å². The van der Waals surface area contributed by atoms with Crippen molar-refractivity contribution in [1.82, 2.24) is 20.0 Å². The number of fused-ring (bicyclic) bond motifs is 2. The highest BCUT2D eigenvalue weighted by atomic mass is 32.2. The molecule has 0 aromatic carbocycles. The predicted molar refractivity (Wildman–Crippen MR) is 92.0 cm³/mol. The summed E-state index contributed by atoms with van der Waals surface area (Å²) in [5.74, 6) is -1.81. The van der Waals surface area contributed by atoms with Crippen LogP contribution < -0.4 is 15.2 Å². The fourth-order valence-corrected chi connectivity index (χ4v) is 3.28. The van der Waals surface area contributed by atoms with Gasteiger partial charge in [-0.25, -0.2) is 28.7 Å². The van der Waals surface area contributed by atoms with Crippen molar-refractivity contribution in [3.05, 3.63) is 11.6 Å². The number of hydroxylamine groups is 2. The van der Waals surface area contributed by atoms with Gasteiger partial charge in [-0.2, -0.15) is 13.5 Å². The first-order chi connectivity index (χ1) is 13.0. The molecule has 12 nitrogen and oxygen atoms in total. The molecular weight excluding hydrogens is 401 g/mol. The maximum absolute atomic E-state index is 13.8. The Kier molecular flexibility index (Phi) is 6.92. The first kappa shape index (κ1) is 22.0. The van der Waals surface area contributed by atoms with E-state index >= 15 is 0 Å². The Hall–Kier alpha value is -2.29. The molecule has 3 atom stereocenters. The van der Waals surface area contributed by atoms with Crippen LogP contribution in [-0.4, -0.2) is 81.0 Å². The molecular formula is C14H22FN5O7S. The summed E-state index contributed by atoms with van der Waals surface area (Å²) >= 11 is 0. The smallest absolute Gasteiger partial charge is 0.370 e. The zero-order valence-electron chi connectivity index (χ0n) is 15.3. The molecule has 2 aliphatic rings. The van der Waals surface area contributed by atoms with Gasteiger partial charge >= 0.3 is 18.4 Å². The molecule has 1 unspecified atom stereocenters. The molecule has 2 rings (SSSR count). The molecule has 3 amide bonds. The lowest BCUT2D eigenvalue weighted by Gasteiger charge is -2.29. The van der Waals surface area contributed by atoms with Gasteiger partial charge in [-0.1, -0.05) is 6.08 Å². The van der Waals surface area contributed by atoms with Gasteiger partial charge in [-0.3, -0.25) is 4.79 Å². The summed E-state index contributed by atoms with van der Waals surface area (Å²) in [6, 6.07) is -2.44. The molecule has 0 aliphatic carbocycles. The second kappa shape index (κ2) is 8.81. The van der Waals surface area contributed by atoms with Gasteiger partial charge in [0.1, 0.15) is 6.04 Å². The average Bonchev–Trinajstić information content (AvgIpc) is 2.83. The Bertz CT molecular complexity index is 774. The summed E-state index contributed by atoms with van der Waals surface area (Å²) in [7, 11) is -3.88. The van der Waals surface area contributed by atoms with Gasteiger partial charge in [0.25, 0.3) is 10.2 Å². The molecule has 0 spiro atoms. The van der Waals surface area contributed by atoms with Crippen LogP contribution in [0.5, 0.6) is 0 Å². The Balaban J connectivity index is 1.99. The number of amides is 3. The first-order valence-corrected chi connectivity index (χ1v) is 9.90. The molecule has 0 radical (unpaired) electrons. The number of alkyl halides is 1. The minimum atomic E-state index is -3.88. The SMILES string of the molecule is CCOC(=O)[C@@H](F)ON1C(=O)N2CC1C=C(C)[C@H]2C(=O)NCCNS(N)(=O)=O. The average molecular weight is 423 g/mol. The lowest BCUT2D eigenvalue weighted by atomic mass is 10.00. The van der Waals surface area contributed by atoms with Crippen LogP contribution in [0.25, 0.3) is 0 Å². The number of hydrogen-bond donors (Lipinski definition) is 3. The van der Waals surface area contributed by atoms with Gasteiger partial charge in [0.15, 0.2) is 0 Å². The van der Waals surface area contributed by atoms with E-state index in [1.807, 2.05) is 4.72 Å². The Morgan fingerprint density at radius 1 is 1.43 bits per heavy atom. The molecule has 14 heteroatoms. The fourth-order valence-electron chi connectivity index (χ4n) is 2.90. The second-order valence-corrected chi connectivity index (χ2v) is 7.42. The van der Waals surface area contributed by atoms with Crippen LogP contribution in [0.15, 0.2) is 11.6 Å². The van der Waals surface area contributed by atoms with Crippen LogP contribution >= 0.6 is 0 Å². The zero-order valence-corrected chi connectivity index (χ0v) is 16.1. The number of hydrogen-bond acceptors (Lipinski definition) is 7. The third-order valence-electron chi connectivity index (χ3n) is 3.97. The number of nitrogens with one attached hydrogen (secondary N) is 2. The van der Waals surface area contributed by atoms with Crippen molar-refractivity contribution in [3.63, 3.8) is 0 Å². The molecule has 2 bridgehead atoms. The van der Waals surface area contributed by atoms with Gasteiger partial charge in [-0.05, 0) is 19.4 Å². The Morgan fingerprint density at radius 3 is 2.71 bits per heavy atom. The molecule has 158 valence electrons. The third kappa shape index (κ3) is 5.15. The standard InChI is InChI=1S/C14H22FN5O7S/c1-3-26-13(22)11(15)27-20-9-6-8(2)10(19(7-9)14(20)23)12(21)17-4-5-18-28(16,24)25/h6,9-11,18H,3-5,7H2,1-2H3,(H,17,21)(H2,16,24,25)/t9?,10-,11-/m0/s1. The van der Waals surface area contributed by atoms with Crippen molar-refractivity contribution in [2.75, 3.05) is 26.2 Å². The highest BCUT2D eigenvalue weighted by Gasteiger charge is 2.48. The summed E-state index contributed by atoms with van der Waals surface area (Å²) < 4.78 is 41.9. The van der Waals surface area contributed by atoms with Gasteiger partial charge < -0.3 is 15.0 Å². The van der Waals surface area contributed by atoms with Crippen molar-refractivity contribution in [3.8, 4) is 0 Å². The van der Waals surface area contributed by atoms with Crippen molar-refractivity contribution in [2.24, 2.45) is 5.14 Å². The number of urea groups is 1. The number of nitrogens with two attached hydrogens (primary N) is 1. The number of nitrogens with zero attached hydrogens (tertiary/aromatic N) is 2. The van der Waals surface area contributed by atoms with Gasteiger partial charge in [0, 0.05) is 13.1 Å². The molecule has 2 aliphatic heterocycles. The second-order valence-electron chi connectivity index (χ2n) is 6.05. The summed E-state index contributed by atoms with van der Waals surface area (Å²) in [5, 5.41) is 7.96. The maximum atomic E-state index is 13.8. The molecule has 1 saturated heterocycles. The first-order valence-electron chi connectivity index (χ1n) is 8.36. The van der Waals surface area contributed by atoms with Crippen LogP contribution in [-0.2, 0) is 29.4 Å². The van der Waals surface area contributed by atoms with Gasteiger partial charge in [0.05, 0.1) is 19.2 Å². The van der Waals surface area contributed by atoms with E-state index < -0.39 is 46.6 Å². The molecule has 4 N–H and O–H groups in total. The number of carbonyl (C=O) groups is 3. The molecule has 28 heavy (non-hydrogen) atoms. The van der Waals surface area contributed by atoms with Crippen LogP contribution in [0.3, 0.4) is 0 Å². The fraction of sp³-hybridized carbons (Fsp3) is 0.643. The maximum Gasteiger partial charge on any atom is 0.370 e. The van der Waals surface area contributed by atoms with Gasteiger partial charge in [-0.15, -0.1) is 0 Å². The van der Waals surface area contributed by atoms with Crippen LogP contribution in [0.2, 0.25) is 0 Å². The van der Waals surface area contributed by atoms with Crippen LogP contribution in [0.1, 0.15) is 13.8 Å². The molecule has 2 heterocycles. The molecule has 0 saturated carbocycles. The molecule has 0 aromatic heterocycles. The summed E-state index contributed by atoms with van der Waals surface area (Å²) in [4.78, 5) is 42.3. The van der Waals surface area contributed by atoms with E-state index in [-0.39, 0.29) is 26.2 Å². The lowest BCUT2D eigenvalue weighted by Crippen LogP contribution is -2.51. The van der Waals surface area contributed by atoms with E-state index in [9.17, 15) is 27.2 Å². The van der Waals surface area contributed by atoms with Crippen molar-refractivity contribution in [2.45, 2.75) is 32.3 Å². The zero-order chi connectivity index (χ0) is 21.1. The topological polar surface area (TPSA) is 160 Å². The van der Waals surface area contributed by atoms with Gasteiger partial charge in [0.2, 0.25) is 5.91 Å². The van der Waals surface area contributed by atoms with Crippen molar-refractivity contribution in [1.29, 1.82) is 0 Å². The lowest BCUT2D eigenvalue weighted by molar-refractivity contribution is -0.223. The van der Waals surface area contributed by atoms with E-state index in [2.05, 4.69) is 10.1 Å². The highest BCUT2D eigenvalue weighted by Crippen LogP contribution is 2.30. The molecule has 0 aromatic rings. The normalized spacial score (nSPS) is 22.7. The summed E-state index contributed by atoms with van der Waals surface area (Å²) in [5.41, 5.74) is 0.513. The van der Waals surface area contributed by atoms with Crippen LogP contribution in [0, 0.1) is 0 Å². The van der Waals surface area contributed by atoms with E-state index in [1.54, 1.807) is 13.0 Å². The summed E-state index contributed by atoms with van der Waals surface area (Å²) in [6.07, 6.45) is -0.915. The highest BCUT2D eigenvalue weighted by molar-refractivity contribution is 7.87. The van der Waals surface area contributed by atoms with E-state index in [0.717, 1.165) is 0 Å². The molecule has 1 fully saturated rings. The van der Waals surface area contributed by atoms with Crippen molar-refractivity contribution >= 4 is 28.1 Å². The number of rotatable bonds is 9. The third-order valence-corrected chi connectivity index (χ3v) is 4.58. The largest absolute Gasteiger partial charge is 0.462 e. The Labute approximate surface area is 160 Å². The minimum Gasteiger partial charge on any atom is -0.462 e. The monoisotopic (exact) mass is 423 g/mol. The number of esters is 1. The Morgan fingerprint density at radius 2 is 2.11 bits per heavy atom. The number of ether oxygens (including phenoxy) is 1. The summed E-state index contributed by atoms with van der Waals surface area (Å²) in [6.45, 7) is 2.93. The number of carbonyl (C=O) groups excluding carboxylic acids is 3.